The van der Waals surface area contributed by atoms with Crippen LogP contribution in [0.2, 0.25) is 0 Å². The lowest BCUT2D eigenvalue weighted by atomic mass is 10.1. The highest BCUT2D eigenvalue weighted by Gasteiger charge is 2.23. The van der Waals surface area contributed by atoms with Gasteiger partial charge in [0.2, 0.25) is 5.91 Å². The van der Waals surface area contributed by atoms with E-state index in [9.17, 15) is 4.79 Å². The molecule has 1 heterocycles. The summed E-state index contributed by atoms with van der Waals surface area (Å²) in [6.07, 6.45) is 2.39. The Morgan fingerprint density at radius 2 is 1.68 bits per heavy atom. The van der Waals surface area contributed by atoms with Crippen LogP contribution >= 0.6 is 0 Å². The van der Waals surface area contributed by atoms with E-state index in [4.69, 9.17) is 9.47 Å². The van der Waals surface area contributed by atoms with E-state index in [1.54, 1.807) is 0 Å². The molecule has 1 aliphatic heterocycles. The third kappa shape index (κ3) is 4.99. The molecule has 0 aromatic heterocycles. The largest absolute Gasteiger partial charge is 0.494 e. The van der Waals surface area contributed by atoms with Crippen molar-refractivity contribution in [2.75, 3.05) is 19.7 Å². The summed E-state index contributed by atoms with van der Waals surface area (Å²) in [7, 11) is 0. The Labute approximate surface area is 149 Å². The van der Waals surface area contributed by atoms with Crippen LogP contribution in [0.15, 0.2) is 54.6 Å². The highest BCUT2D eigenvalue weighted by molar-refractivity contribution is 5.78. The topological polar surface area (TPSA) is 38.8 Å². The summed E-state index contributed by atoms with van der Waals surface area (Å²) >= 11 is 0. The first-order valence-electron chi connectivity index (χ1n) is 8.96. The molecule has 1 fully saturated rings. The zero-order chi connectivity index (χ0) is 17.5. The number of rotatable bonds is 6. The van der Waals surface area contributed by atoms with Crippen molar-refractivity contribution >= 4 is 5.91 Å². The van der Waals surface area contributed by atoms with Crippen molar-refractivity contribution < 1.29 is 14.3 Å². The molecule has 1 saturated heterocycles. The molecule has 2 aromatic carbocycles. The highest BCUT2D eigenvalue weighted by Crippen LogP contribution is 2.19. The summed E-state index contributed by atoms with van der Waals surface area (Å²) in [6, 6.07) is 17.7. The Morgan fingerprint density at radius 1 is 1.00 bits per heavy atom. The second-order valence-corrected chi connectivity index (χ2v) is 6.26. The van der Waals surface area contributed by atoms with E-state index in [0.29, 0.717) is 13.0 Å². The molecule has 0 aliphatic carbocycles. The minimum atomic E-state index is 0.183. The number of carbonyl (C=O) groups excluding carboxylic acids is 1. The van der Waals surface area contributed by atoms with E-state index in [-0.39, 0.29) is 12.0 Å². The summed E-state index contributed by atoms with van der Waals surface area (Å²) in [6.45, 7) is 4.13. The monoisotopic (exact) mass is 339 g/mol. The molecule has 4 nitrogen and oxygen atoms in total. The number of ether oxygens (including phenoxy) is 2. The van der Waals surface area contributed by atoms with Crippen LogP contribution in [0.25, 0.3) is 0 Å². The standard InChI is InChI=1S/C21H25NO3/c1-2-24-18-10-8-17(9-11-18)16-21(23)22-14-12-20(13-15-22)25-19-6-4-3-5-7-19/h3-11,20H,2,12-16H2,1H3. The van der Waals surface area contributed by atoms with Gasteiger partial charge in [0.1, 0.15) is 17.6 Å². The lowest BCUT2D eigenvalue weighted by molar-refractivity contribution is -0.132. The summed E-state index contributed by atoms with van der Waals surface area (Å²) in [5.74, 6) is 1.93. The van der Waals surface area contributed by atoms with Crippen molar-refractivity contribution in [2.24, 2.45) is 0 Å². The predicted octanol–water partition coefficient (Wildman–Crippen LogP) is 3.70. The lowest BCUT2D eigenvalue weighted by Gasteiger charge is -2.32. The summed E-state index contributed by atoms with van der Waals surface area (Å²) in [5, 5.41) is 0. The van der Waals surface area contributed by atoms with E-state index in [1.807, 2.05) is 66.4 Å². The van der Waals surface area contributed by atoms with E-state index >= 15 is 0 Å². The molecule has 1 aliphatic rings. The molecule has 0 saturated carbocycles. The van der Waals surface area contributed by atoms with Crippen LogP contribution in [0.1, 0.15) is 25.3 Å². The molecular formula is C21H25NO3. The number of amides is 1. The molecular weight excluding hydrogens is 314 g/mol. The zero-order valence-corrected chi connectivity index (χ0v) is 14.7. The average Bonchev–Trinajstić information content (AvgIpc) is 2.65. The van der Waals surface area contributed by atoms with Crippen LogP contribution in [-0.2, 0) is 11.2 Å². The van der Waals surface area contributed by atoms with Crippen LogP contribution in [-0.4, -0.2) is 36.6 Å². The minimum Gasteiger partial charge on any atom is -0.494 e. The fraction of sp³-hybridized carbons (Fsp3) is 0.381. The first kappa shape index (κ1) is 17.3. The summed E-state index contributed by atoms with van der Waals surface area (Å²) in [5.41, 5.74) is 1.02. The lowest BCUT2D eigenvalue weighted by Crippen LogP contribution is -2.42. The Hall–Kier alpha value is -2.49. The molecule has 0 radical (unpaired) electrons. The number of hydrogen-bond donors (Lipinski definition) is 0. The second-order valence-electron chi connectivity index (χ2n) is 6.26. The van der Waals surface area contributed by atoms with Crippen molar-refractivity contribution in [1.82, 2.24) is 4.90 Å². The molecule has 4 heteroatoms. The fourth-order valence-electron chi connectivity index (χ4n) is 3.07. The highest BCUT2D eigenvalue weighted by atomic mass is 16.5. The molecule has 1 amide bonds. The van der Waals surface area contributed by atoms with E-state index in [2.05, 4.69) is 0 Å². The Morgan fingerprint density at radius 3 is 2.32 bits per heavy atom. The van der Waals surface area contributed by atoms with Gasteiger partial charge in [-0.05, 0) is 36.8 Å². The van der Waals surface area contributed by atoms with E-state index in [1.165, 1.54) is 0 Å². The number of para-hydroxylation sites is 1. The van der Waals surface area contributed by atoms with Crippen LogP contribution < -0.4 is 9.47 Å². The smallest absolute Gasteiger partial charge is 0.226 e. The first-order chi connectivity index (χ1) is 12.2. The maximum Gasteiger partial charge on any atom is 0.226 e. The second kappa shape index (κ2) is 8.56. The predicted molar refractivity (Wildman–Crippen MR) is 98.0 cm³/mol. The molecule has 0 spiro atoms. The molecule has 2 aromatic rings. The van der Waals surface area contributed by atoms with Gasteiger partial charge in [0.25, 0.3) is 0 Å². The molecule has 3 rings (SSSR count). The van der Waals surface area contributed by atoms with Gasteiger partial charge in [-0.2, -0.15) is 0 Å². The SMILES string of the molecule is CCOc1ccc(CC(=O)N2CCC(Oc3ccccc3)CC2)cc1. The van der Waals surface area contributed by atoms with Gasteiger partial charge < -0.3 is 14.4 Å². The molecule has 0 unspecified atom stereocenters. The number of benzene rings is 2. The van der Waals surface area contributed by atoms with Crippen LogP contribution in [0.4, 0.5) is 0 Å². The number of piperidine rings is 1. The van der Waals surface area contributed by atoms with Crippen molar-refractivity contribution in [3.05, 3.63) is 60.2 Å². The zero-order valence-electron chi connectivity index (χ0n) is 14.7. The third-order valence-electron chi connectivity index (χ3n) is 4.43. The number of likely N-dealkylation sites (tertiary alicyclic amines) is 1. The maximum atomic E-state index is 12.5. The minimum absolute atomic E-state index is 0.183. The van der Waals surface area contributed by atoms with Crippen molar-refractivity contribution in [3.63, 3.8) is 0 Å². The van der Waals surface area contributed by atoms with Crippen molar-refractivity contribution in [2.45, 2.75) is 32.3 Å². The van der Waals surface area contributed by atoms with Crippen LogP contribution in [0.3, 0.4) is 0 Å². The van der Waals surface area contributed by atoms with Crippen LogP contribution in [0.5, 0.6) is 11.5 Å². The quantitative estimate of drug-likeness (QED) is 0.805. The number of carbonyl (C=O) groups is 1. The van der Waals surface area contributed by atoms with Gasteiger partial charge in [0.05, 0.1) is 13.0 Å². The average molecular weight is 339 g/mol. The third-order valence-corrected chi connectivity index (χ3v) is 4.43. The Bertz CT molecular complexity index is 661. The molecule has 132 valence electrons. The molecule has 25 heavy (non-hydrogen) atoms. The molecule has 0 atom stereocenters. The van der Waals surface area contributed by atoms with Crippen molar-refractivity contribution in [1.29, 1.82) is 0 Å². The van der Waals surface area contributed by atoms with Crippen molar-refractivity contribution in [3.8, 4) is 11.5 Å². The van der Waals surface area contributed by atoms with Gasteiger partial charge in [-0.1, -0.05) is 30.3 Å². The maximum absolute atomic E-state index is 12.5. The number of hydrogen-bond acceptors (Lipinski definition) is 3. The fourth-order valence-corrected chi connectivity index (χ4v) is 3.07. The van der Waals surface area contributed by atoms with Gasteiger partial charge in [-0.3, -0.25) is 4.79 Å². The van der Waals surface area contributed by atoms with E-state index in [0.717, 1.165) is 43.0 Å². The Balaban J connectivity index is 1.46. The molecule has 0 bridgehead atoms. The summed E-state index contributed by atoms with van der Waals surface area (Å²) < 4.78 is 11.4. The normalized spacial score (nSPS) is 15.0. The van der Waals surface area contributed by atoms with E-state index < -0.39 is 0 Å². The van der Waals surface area contributed by atoms with Gasteiger partial charge in [0, 0.05) is 25.9 Å². The first-order valence-corrected chi connectivity index (χ1v) is 8.96. The number of nitrogens with zero attached hydrogens (tertiary/aromatic N) is 1. The summed E-state index contributed by atoms with van der Waals surface area (Å²) in [4.78, 5) is 14.4. The van der Waals surface area contributed by atoms with Gasteiger partial charge in [0.15, 0.2) is 0 Å². The molecule has 0 N–H and O–H groups in total. The van der Waals surface area contributed by atoms with Gasteiger partial charge in [-0.15, -0.1) is 0 Å². The van der Waals surface area contributed by atoms with Crippen LogP contribution in [0, 0.1) is 0 Å². The van der Waals surface area contributed by atoms with Gasteiger partial charge in [-0.25, -0.2) is 0 Å². The Kier molecular flexibility index (Phi) is 5.94. The van der Waals surface area contributed by atoms with Gasteiger partial charge >= 0.3 is 0 Å².